The topological polar surface area (TPSA) is 32.7 Å². The Labute approximate surface area is 122 Å². The molecule has 0 bridgehead atoms. The molecular weight excluding hydrogens is 306 g/mol. The Bertz CT molecular complexity index is 440. The average molecular weight is 326 g/mol. The van der Waals surface area contributed by atoms with Crippen molar-refractivity contribution in [3.8, 4) is 0 Å². The first kappa shape index (κ1) is 13.6. The molecule has 0 aliphatic carbocycles. The molecule has 3 unspecified atom stereocenters. The second kappa shape index (κ2) is 5.92. The second-order valence-corrected chi connectivity index (χ2v) is 6.38. The SMILES string of the molecule is OC(Cc1ccccc1Br)C1CN2CCCC2CO1. The molecular formula is C15H20BrNO2. The van der Waals surface area contributed by atoms with Gasteiger partial charge < -0.3 is 9.84 Å². The van der Waals surface area contributed by atoms with Gasteiger partial charge in [-0.25, -0.2) is 0 Å². The maximum Gasteiger partial charge on any atom is 0.0964 e. The van der Waals surface area contributed by atoms with Crippen LogP contribution in [0.25, 0.3) is 0 Å². The lowest BCUT2D eigenvalue weighted by Crippen LogP contribution is -2.50. The van der Waals surface area contributed by atoms with Gasteiger partial charge in [-0.15, -0.1) is 0 Å². The van der Waals surface area contributed by atoms with Gasteiger partial charge in [0.15, 0.2) is 0 Å². The number of halogens is 1. The molecule has 3 atom stereocenters. The third-order valence-corrected chi connectivity index (χ3v) is 5.01. The first-order chi connectivity index (χ1) is 9.24. The van der Waals surface area contributed by atoms with E-state index in [0.29, 0.717) is 12.5 Å². The van der Waals surface area contributed by atoms with E-state index in [4.69, 9.17) is 4.74 Å². The van der Waals surface area contributed by atoms with E-state index in [1.807, 2.05) is 18.2 Å². The zero-order chi connectivity index (χ0) is 13.2. The Morgan fingerprint density at radius 3 is 3.11 bits per heavy atom. The molecule has 2 aliphatic rings. The summed E-state index contributed by atoms with van der Waals surface area (Å²) in [5, 5.41) is 10.4. The van der Waals surface area contributed by atoms with Gasteiger partial charge in [-0.2, -0.15) is 0 Å². The summed E-state index contributed by atoms with van der Waals surface area (Å²) in [5.41, 5.74) is 1.14. The molecule has 19 heavy (non-hydrogen) atoms. The summed E-state index contributed by atoms with van der Waals surface area (Å²) in [6, 6.07) is 8.65. The van der Waals surface area contributed by atoms with Crippen LogP contribution in [0.1, 0.15) is 18.4 Å². The van der Waals surface area contributed by atoms with E-state index in [1.165, 1.54) is 12.8 Å². The third kappa shape index (κ3) is 3.02. The largest absolute Gasteiger partial charge is 0.390 e. The maximum atomic E-state index is 10.4. The quantitative estimate of drug-likeness (QED) is 0.924. The molecule has 0 radical (unpaired) electrons. The summed E-state index contributed by atoms with van der Waals surface area (Å²) >= 11 is 3.53. The van der Waals surface area contributed by atoms with Gasteiger partial charge in [-0.05, 0) is 31.0 Å². The normalized spacial score (nSPS) is 29.2. The minimum absolute atomic E-state index is 0.0542. The van der Waals surface area contributed by atoms with Gasteiger partial charge in [0.1, 0.15) is 0 Å². The van der Waals surface area contributed by atoms with Gasteiger partial charge in [-0.1, -0.05) is 34.1 Å². The Kier molecular flexibility index (Phi) is 4.22. The van der Waals surface area contributed by atoms with Crippen molar-refractivity contribution in [3.05, 3.63) is 34.3 Å². The highest BCUT2D eigenvalue weighted by atomic mass is 79.9. The van der Waals surface area contributed by atoms with E-state index in [-0.39, 0.29) is 6.10 Å². The molecule has 1 aromatic carbocycles. The number of aliphatic hydroxyl groups is 1. The van der Waals surface area contributed by atoms with Crippen LogP contribution in [0.15, 0.2) is 28.7 Å². The highest BCUT2D eigenvalue weighted by Crippen LogP contribution is 2.25. The van der Waals surface area contributed by atoms with Gasteiger partial charge in [0.2, 0.25) is 0 Å². The Morgan fingerprint density at radius 1 is 1.42 bits per heavy atom. The zero-order valence-electron chi connectivity index (χ0n) is 11.0. The zero-order valence-corrected chi connectivity index (χ0v) is 12.6. The molecule has 2 aliphatic heterocycles. The number of rotatable bonds is 3. The second-order valence-electron chi connectivity index (χ2n) is 5.53. The number of hydrogen-bond acceptors (Lipinski definition) is 3. The first-order valence-electron chi connectivity index (χ1n) is 7.01. The smallest absolute Gasteiger partial charge is 0.0964 e. The van der Waals surface area contributed by atoms with Crippen molar-refractivity contribution < 1.29 is 9.84 Å². The molecule has 4 heteroatoms. The van der Waals surface area contributed by atoms with E-state index in [9.17, 15) is 5.11 Å². The van der Waals surface area contributed by atoms with Gasteiger partial charge in [0.25, 0.3) is 0 Å². The number of morpholine rings is 1. The van der Waals surface area contributed by atoms with E-state index in [1.54, 1.807) is 0 Å². The minimum atomic E-state index is -0.430. The van der Waals surface area contributed by atoms with Crippen molar-refractivity contribution >= 4 is 15.9 Å². The van der Waals surface area contributed by atoms with Crippen LogP contribution < -0.4 is 0 Å². The van der Waals surface area contributed by atoms with Crippen LogP contribution >= 0.6 is 15.9 Å². The number of nitrogens with zero attached hydrogens (tertiary/aromatic N) is 1. The molecule has 3 nitrogen and oxygen atoms in total. The van der Waals surface area contributed by atoms with Crippen LogP contribution in [0.5, 0.6) is 0 Å². The lowest BCUT2D eigenvalue weighted by Gasteiger charge is -2.37. The molecule has 104 valence electrons. The fourth-order valence-electron chi connectivity index (χ4n) is 3.10. The highest BCUT2D eigenvalue weighted by molar-refractivity contribution is 9.10. The molecule has 2 fully saturated rings. The van der Waals surface area contributed by atoms with Crippen LogP contribution in [0.4, 0.5) is 0 Å². The monoisotopic (exact) mass is 325 g/mol. The van der Waals surface area contributed by atoms with Crippen molar-refractivity contribution in [2.75, 3.05) is 19.7 Å². The van der Waals surface area contributed by atoms with Gasteiger partial charge in [0, 0.05) is 23.5 Å². The summed E-state index contributed by atoms with van der Waals surface area (Å²) in [4.78, 5) is 2.47. The summed E-state index contributed by atoms with van der Waals surface area (Å²) in [7, 11) is 0. The molecule has 0 aromatic heterocycles. The van der Waals surface area contributed by atoms with Crippen LogP contribution in [-0.4, -0.2) is 48.0 Å². The van der Waals surface area contributed by atoms with Crippen LogP contribution in [0.2, 0.25) is 0 Å². The summed E-state index contributed by atoms with van der Waals surface area (Å²) in [6.07, 6.45) is 2.67. The maximum absolute atomic E-state index is 10.4. The van der Waals surface area contributed by atoms with E-state index < -0.39 is 6.10 Å². The van der Waals surface area contributed by atoms with Crippen LogP contribution in [0.3, 0.4) is 0 Å². The molecule has 3 rings (SSSR count). The Morgan fingerprint density at radius 2 is 2.26 bits per heavy atom. The molecule has 2 saturated heterocycles. The molecule has 0 saturated carbocycles. The third-order valence-electron chi connectivity index (χ3n) is 4.23. The standard InChI is InChI=1S/C15H20BrNO2/c16-13-6-2-1-4-11(13)8-14(18)15-9-17-7-3-5-12(17)10-19-15/h1-2,4,6,12,14-15,18H,3,5,7-10H2. The highest BCUT2D eigenvalue weighted by Gasteiger charge is 2.35. The van der Waals surface area contributed by atoms with E-state index in [0.717, 1.165) is 29.7 Å². The number of hydrogen-bond donors (Lipinski definition) is 1. The lowest BCUT2D eigenvalue weighted by molar-refractivity contribution is -0.101. The molecule has 0 spiro atoms. The molecule has 2 heterocycles. The minimum Gasteiger partial charge on any atom is -0.390 e. The predicted molar refractivity (Wildman–Crippen MR) is 78.2 cm³/mol. The number of aliphatic hydroxyl groups excluding tert-OH is 1. The molecule has 1 aromatic rings. The van der Waals surface area contributed by atoms with Crippen molar-refractivity contribution in [2.24, 2.45) is 0 Å². The van der Waals surface area contributed by atoms with Crippen LogP contribution in [-0.2, 0) is 11.2 Å². The molecule has 1 N–H and O–H groups in total. The van der Waals surface area contributed by atoms with E-state index in [2.05, 4.69) is 26.9 Å². The first-order valence-corrected chi connectivity index (χ1v) is 7.80. The van der Waals surface area contributed by atoms with Crippen molar-refractivity contribution in [1.82, 2.24) is 4.90 Å². The number of benzene rings is 1. The fourth-order valence-corrected chi connectivity index (χ4v) is 3.54. The predicted octanol–water partition coefficient (Wildman–Crippen LogP) is 2.22. The summed E-state index contributed by atoms with van der Waals surface area (Å²) < 4.78 is 6.92. The number of fused-ring (bicyclic) bond motifs is 1. The van der Waals surface area contributed by atoms with Crippen molar-refractivity contribution in [1.29, 1.82) is 0 Å². The van der Waals surface area contributed by atoms with E-state index >= 15 is 0 Å². The van der Waals surface area contributed by atoms with Crippen LogP contribution in [0, 0.1) is 0 Å². The van der Waals surface area contributed by atoms with Gasteiger partial charge >= 0.3 is 0 Å². The average Bonchev–Trinajstić information content (AvgIpc) is 2.88. The summed E-state index contributed by atoms with van der Waals surface area (Å²) in [6.45, 7) is 2.81. The molecule has 0 amide bonds. The van der Waals surface area contributed by atoms with Crippen molar-refractivity contribution in [3.63, 3.8) is 0 Å². The number of ether oxygens (including phenoxy) is 1. The fraction of sp³-hybridized carbons (Fsp3) is 0.600. The Balaban J connectivity index is 1.61. The van der Waals surface area contributed by atoms with Crippen molar-refractivity contribution in [2.45, 2.75) is 37.5 Å². The Hall–Kier alpha value is -0.420. The lowest BCUT2D eigenvalue weighted by atomic mass is 10.0. The van der Waals surface area contributed by atoms with Gasteiger partial charge in [-0.3, -0.25) is 4.90 Å². The van der Waals surface area contributed by atoms with Gasteiger partial charge in [0.05, 0.1) is 18.8 Å². The summed E-state index contributed by atoms with van der Waals surface area (Å²) in [5.74, 6) is 0.